The van der Waals surface area contributed by atoms with Gasteiger partial charge in [-0.25, -0.2) is 4.79 Å². The molecule has 0 spiro atoms. The lowest BCUT2D eigenvalue weighted by Crippen LogP contribution is -2.16. The zero-order valence-electron chi connectivity index (χ0n) is 11.3. The molecule has 0 amide bonds. The van der Waals surface area contributed by atoms with Gasteiger partial charge in [0.1, 0.15) is 5.56 Å². The highest BCUT2D eigenvalue weighted by molar-refractivity contribution is 6.36. The van der Waals surface area contributed by atoms with Crippen molar-refractivity contribution in [2.24, 2.45) is 17.9 Å². The molecule has 1 heterocycles. The number of benzene rings is 1. The number of nitrogens with zero attached hydrogens (tertiary/aromatic N) is 3. The highest BCUT2D eigenvalue weighted by Crippen LogP contribution is 2.20. The first kappa shape index (κ1) is 15.3. The van der Waals surface area contributed by atoms with E-state index in [1.54, 1.807) is 32.3 Å². The maximum atomic E-state index is 11.9. The fourth-order valence-electron chi connectivity index (χ4n) is 1.69. The summed E-state index contributed by atoms with van der Waals surface area (Å²) in [6.45, 7) is 1.69. The van der Waals surface area contributed by atoms with Crippen LogP contribution in [0.4, 0.5) is 0 Å². The Balaban J connectivity index is 2.17. The van der Waals surface area contributed by atoms with Gasteiger partial charge < -0.3 is 10.6 Å². The predicted octanol–water partition coefficient (Wildman–Crippen LogP) is 2.51. The molecule has 0 aliphatic heterocycles. The van der Waals surface area contributed by atoms with Crippen LogP contribution in [0.15, 0.2) is 29.6 Å². The molecule has 8 heteroatoms. The molecule has 0 radical (unpaired) electrons. The van der Waals surface area contributed by atoms with Crippen LogP contribution in [0.2, 0.25) is 10.0 Å². The Bertz CT molecular complexity index is 725. The van der Waals surface area contributed by atoms with E-state index in [4.69, 9.17) is 33.8 Å². The Kier molecular flexibility index (Phi) is 4.50. The first-order valence-corrected chi connectivity index (χ1v) is 6.64. The van der Waals surface area contributed by atoms with Gasteiger partial charge in [-0.1, -0.05) is 28.4 Å². The fourth-order valence-corrected chi connectivity index (χ4v) is 2.19. The average molecular weight is 327 g/mol. The molecular weight excluding hydrogens is 315 g/mol. The van der Waals surface area contributed by atoms with E-state index < -0.39 is 5.97 Å². The zero-order chi connectivity index (χ0) is 15.6. The molecule has 0 saturated heterocycles. The van der Waals surface area contributed by atoms with Gasteiger partial charge in [-0.2, -0.15) is 5.10 Å². The zero-order valence-corrected chi connectivity index (χ0v) is 12.8. The number of aromatic nitrogens is 2. The van der Waals surface area contributed by atoms with E-state index >= 15 is 0 Å². The van der Waals surface area contributed by atoms with Crippen molar-refractivity contribution < 1.29 is 9.63 Å². The van der Waals surface area contributed by atoms with E-state index in [1.807, 2.05) is 0 Å². The minimum atomic E-state index is -0.645. The molecule has 2 aromatic rings. The van der Waals surface area contributed by atoms with Gasteiger partial charge in [0.15, 0.2) is 5.84 Å². The van der Waals surface area contributed by atoms with Crippen LogP contribution in [0, 0.1) is 6.92 Å². The quantitative estimate of drug-likeness (QED) is 0.406. The van der Waals surface area contributed by atoms with Crippen molar-refractivity contribution in [1.29, 1.82) is 0 Å². The summed E-state index contributed by atoms with van der Waals surface area (Å²) in [6.07, 6.45) is 1.54. The molecule has 0 unspecified atom stereocenters. The minimum absolute atomic E-state index is 0.0217. The first-order valence-electron chi connectivity index (χ1n) is 5.89. The van der Waals surface area contributed by atoms with Crippen LogP contribution in [-0.4, -0.2) is 21.6 Å². The number of rotatable bonds is 3. The van der Waals surface area contributed by atoms with Crippen molar-refractivity contribution in [3.8, 4) is 0 Å². The molecule has 110 valence electrons. The Labute approximate surface area is 131 Å². The normalized spacial score (nSPS) is 11.5. The van der Waals surface area contributed by atoms with Crippen molar-refractivity contribution >= 4 is 35.0 Å². The van der Waals surface area contributed by atoms with Gasteiger partial charge in [-0.15, -0.1) is 0 Å². The van der Waals surface area contributed by atoms with Crippen LogP contribution in [0.25, 0.3) is 0 Å². The Hall–Kier alpha value is -2.05. The largest absolute Gasteiger partial charge is 0.380 e. The van der Waals surface area contributed by atoms with Gasteiger partial charge in [-0.05, 0) is 25.1 Å². The molecular formula is C13H12Cl2N4O2. The highest BCUT2D eigenvalue weighted by Gasteiger charge is 2.15. The highest BCUT2D eigenvalue weighted by atomic mass is 35.5. The van der Waals surface area contributed by atoms with Crippen LogP contribution in [-0.2, 0) is 11.9 Å². The molecule has 2 rings (SSSR count). The molecule has 0 aliphatic carbocycles. The second-order valence-corrected chi connectivity index (χ2v) is 5.12. The van der Waals surface area contributed by atoms with Crippen LogP contribution in [0.1, 0.15) is 21.6 Å². The van der Waals surface area contributed by atoms with Gasteiger partial charge in [-0.3, -0.25) is 4.68 Å². The third-order valence-electron chi connectivity index (χ3n) is 2.67. The molecule has 21 heavy (non-hydrogen) atoms. The third kappa shape index (κ3) is 3.53. The molecule has 0 aliphatic rings. The average Bonchev–Trinajstić information content (AvgIpc) is 2.74. The van der Waals surface area contributed by atoms with Crippen LogP contribution in [0.5, 0.6) is 0 Å². The summed E-state index contributed by atoms with van der Waals surface area (Å²) in [5, 5.41) is 8.42. The van der Waals surface area contributed by atoms with E-state index in [0.717, 1.165) is 0 Å². The lowest BCUT2D eigenvalue weighted by Gasteiger charge is -2.03. The van der Waals surface area contributed by atoms with E-state index in [1.165, 1.54) is 10.7 Å². The molecule has 1 aromatic heterocycles. The van der Waals surface area contributed by atoms with Gasteiger partial charge in [0.05, 0.1) is 10.7 Å². The molecule has 6 nitrogen and oxygen atoms in total. The van der Waals surface area contributed by atoms with E-state index in [-0.39, 0.29) is 5.84 Å². The number of amidine groups is 1. The number of oxime groups is 1. The summed E-state index contributed by atoms with van der Waals surface area (Å²) in [4.78, 5) is 16.7. The van der Waals surface area contributed by atoms with Crippen LogP contribution in [0.3, 0.4) is 0 Å². The lowest BCUT2D eigenvalue weighted by molar-refractivity contribution is 0.0515. The number of carbonyl (C=O) groups excluding carboxylic acids is 1. The van der Waals surface area contributed by atoms with Crippen molar-refractivity contribution in [2.75, 3.05) is 0 Å². The summed E-state index contributed by atoms with van der Waals surface area (Å²) in [5.41, 5.74) is 7.03. The Morgan fingerprint density at radius 3 is 2.67 bits per heavy atom. The maximum Gasteiger partial charge on any atom is 0.369 e. The van der Waals surface area contributed by atoms with Crippen molar-refractivity contribution in [3.05, 3.63) is 51.3 Å². The van der Waals surface area contributed by atoms with Gasteiger partial charge in [0.2, 0.25) is 0 Å². The van der Waals surface area contributed by atoms with Gasteiger partial charge >= 0.3 is 5.97 Å². The Morgan fingerprint density at radius 2 is 2.10 bits per heavy atom. The summed E-state index contributed by atoms with van der Waals surface area (Å²) in [7, 11) is 1.70. The molecule has 0 fully saturated rings. The molecule has 0 atom stereocenters. The second kappa shape index (κ2) is 6.15. The first-order chi connectivity index (χ1) is 9.88. The lowest BCUT2D eigenvalue weighted by atomic mass is 10.2. The van der Waals surface area contributed by atoms with Gasteiger partial charge in [0, 0.05) is 23.8 Å². The molecule has 1 aromatic carbocycles. The summed E-state index contributed by atoms with van der Waals surface area (Å²) < 4.78 is 1.51. The third-order valence-corrected chi connectivity index (χ3v) is 3.22. The monoisotopic (exact) mass is 326 g/mol. The van der Waals surface area contributed by atoms with E-state index in [9.17, 15) is 4.79 Å². The smallest absolute Gasteiger partial charge is 0.369 e. The summed E-state index contributed by atoms with van der Waals surface area (Å²) in [5.74, 6) is -0.666. The Morgan fingerprint density at radius 1 is 1.38 bits per heavy atom. The van der Waals surface area contributed by atoms with E-state index in [2.05, 4.69) is 10.3 Å². The second-order valence-electron chi connectivity index (χ2n) is 4.28. The number of carbonyl (C=O) groups is 1. The fraction of sp³-hybridized carbons (Fsp3) is 0.154. The van der Waals surface area contributed by atoms with Crippen LogP contribution < -0.4 is 5.73 Å². The van der Waals surface area contributed by atoms with Gasteiger partial charge in [0.25, 0.3) is 0 Å². The number of halogens is 2. The maximum absolute atomic E-state index is 11.9. The van der Waals surface area contributed by atoms with Crippen molar-refractivity contribution in [3.63, 3.8) is 0 Å². The minimum Gasteiger partial charge on any atom is -0.380 e. The molecule has 2 N–H and O–H groups in total. The summed E-state index contributed by atoms with van der Waals surface area (Å²) >= 11 is 11.8. The molecule has 0 saturated carbocycles. The standard InChI is InChI=1S/C13H12Cl2N4O2/c1-7-10(6-19(2)17-7)13(20)21-18-12(16)9-4-3-8(14)5-11(9)15/h3-6H,1-2H3,(H2,16,18). The topological polar surface area (TPSA) is 82.5 Å². The summed E-state index contributed by atoms with van der Waals surface area (Å²) in [6, 6.07) is 4.72. The number of nitrogens with two attached hydrogens (primary N) is 1. The number of hydrogen-bond donors (Lipinski definition) is 1. The van der Waals surface area contributed by atoms with Crippen LogP contribution >= 0.6 is 23.2 Å². The number of hydrogen-bond acceptors (Lipinski definition) is 4. The molecule has 0 bridgehead atoms. The number of aryl methyl sites for hydroxylation is 2. The van der Waals surface area contributed by atoms with E-state index in [0.29, 0.717) is 26.9 Å². The predicted molar refractivity (Wildman–Crippen MR) is 80.5 cm³/mol. The van der Waals surface area contributed by atoms with Crippen molar-refractivity contribution in [1.82, 2.24) is 9.78 Å². The SMILES string of the molecule is Cc1nn(C)cc1C(=O)O/N=C(\N)c1ccc(Cl)cc1Cl. The van der Waals surface area contributed by atoms with Crippen molar-refractivity contribution in [2.45, 2.75) is 6.92 Å².